The van der Waals surface area contributed by atoms with E-state index in [0.29, 0.717) is 19.5 Å². The summed E-state index contributed by atoms with van der Waals surface area (Å²) in [5.41, 5.74) is -0.235. The van der Waals surface area contributed by atoms with Gasteiger partial charge in [-0.05, 0) is 24.5 Å². The summed E-state index contributed by atoms with van der Waals surface area (Å²) in [5.74, 6) is -0.567. The van der Waals surface area contributed by atoms with Crippen molar-refractivity contribution in [1.29, 1.82) is 0 Å². The number of nitrogens with zero attached hydrogens (tertiary/aromatic N) is 1. The molecule has 1 amide bonds. The van der Waals surface area contributed by atoms with Crippen LogP contribution in [0.1, 0.15) is 12.8 Å². The fraction of sp³-hybridized carbons (Fsp3) is 0.462. The van der Waals surface area contributed by atoms with Gasteiger partial charge in [0.1, 0.15) is 0 Å². The molecule has 2 N–H and O–H groups in total. The first-order valence-electron chi connectivity index (χ1n) is 6.56. The smallest absolute Gasteiger partial charge is 0.370 e. The lowest BCUT2D eigenvalue weighted by atomic mass is 10.1. The highest BCUT2D eigenvalue weighted by Crippen LogP contribution is 2.37. The Bertz CT molecular complexity index is 673. The van der Waals surface area contributed by atoms with Gasteiger partial charge in [0.05, 0.1) is 10.6 Å². The van der Waals surface area contributed by atoms with Gasteiger partial charge in [0.2, 0.25) is 5.91 Å². The van der Waals surface area contributed by atoms with Crippen LogP contribution in [0, 0.1) is 5.92 Å². The molecule has 2 rings (SSSR count). The number of carbonyl (C=O) groups excluding carboxylic acids is 1. The molecule has 0 spiro atoms. The van der Waals surface area contributed by atoms with E-state index in [4.69, 9.17) is 5.73 Å². The maximum absolute atomic E-state index is 12.8. The van der Waals surface area contributed by atoms with E-state index in [2.05, 4.69) is 0 Å². The van der Waals surface area contributed by atoms with E-state index in [1.54, 1.807) is 4.90 Å². The molecule has 0 radical (unpaired) electrons. The van der Waals surface area contributed by atoms with Crippen LogP contribution in [-0.2, 0) is 14.6 Å². The van der Waals surface area contributed by atoms with Crippen LogP contribution in [0.25, 0.3) is 0 Å². The van der Waals surface area contributed by atoms with Crippen molar-refractivity contribution >= 4 is 21.4 Å². The van der Waals surface area contributed by atoms with Crippen molar-refractivity contribution in [3.05, 3.63) is 24.3 Å². The second-order valence-electron chi connectivity index (χ2n) is 5.19. The maximum Gasteiger partial charge on any atom is 0.501 e. The van der Waals surface area contributed by atoms with Gasteiger partial charge in [0.15, 0.2) is 0 Å². The molecule has 0 aromatic heterocycles. The number of alkyl halides is 3. The van der Waals surface area contributed by atoms with Crippen LogP contribution < -0.4 is 10.6 Å². The highest BCUT2D eigenvalue weighted by atomic mass is 32.2. The van der Waals surface area contributed by atoms with Crippen molar-refractivity contribution < 1.29 is 26.4 Å². The van der Waals surface area contributed by atoms with Crippen LogP contribution in [0.4, 0.5) is 18.9 Å². The number of hydrogen-bond acceptors (Lipinski definition) is 4. The summed E-state index contributed by atoms with van der Waals surface area (Å²) in [7, 11) is -5.42. The quantitative estimate of drug-likeness (QED) is 0.907. The maximum atomic E-state index is 12.8. The van der Waals surface area contributed by atoms with Crippen molar-refractivity contribution in [3.63, 3.8) is 0 Å². The minimum Gasteiger partial charge on any atom is -0.370 e. The molecule has 22 heavy (non-hydrogen) atoms. The molecule has 5 nitrogen and oxygen atoms in total. The average Bonchev–Trinajstić information content (AvgIpc) is 2.85. The Kier molecular flexibility index (Phi) is 4.37. The lowest BCUT2D eigenvalue weighted by Gasteiger charge is -2.22. The Balaban J connectivity index is 2.33. The zero-order valence-corrected chi connectivity index (χ0v) is 12.3. The van der Waals surface area contributed by atoms with Crippen LogP contribution in [-0.4, -0.2) is 32.9 Å². The Morgan fingerprint density at radius 1 is 1.32 bits per heavy atom. The Labute approximate surface area is 125 Å². The first kappa shape index (κ1) is 16.6. The highest BCUT2D eigenvalue weighted by Gasteiger charge is 2.48. The monoisotopic (exact) mass is 336 g/mol. The highest BCUT2D eigenvalue weighted by molar-refractivity contribution is 7.92. The number of halogens is 3. The SMILES string of the molecule is NC(=O)CC1CCN(c2ccccc2S(=O)(=O)C(F)(F)F)C1. The molecule has 1 fully saturated rings. The van der Waals surface area contributed by atoms with E-state index >= 15 is 0 Å². The number of para-hydroxylation sites is 1. The molecule has 0 saturated carbocycles. The van der Waals surface area contributed by atoms with Crippen molar-refractivity contribution in [2.24, 2.45) is 11.7 Å². The Hall–Kier alpha value is -1.77. The topological polar surface area (TPSA) is 80.5 Å². The third-order valence-electron chi connectivity index (χ3n) is 3.58. The van der Waals surface area contributed by atoms with Gasteiger partial charge < -0.3 is 10.6 Å². The summed E-state index contributed by atoms with van der Waals surface area (Å²) in [5, 5.41) is 0. The number of benzene rings is 1. The second kappa shape index (κ2) is 5.79. The number of rotatable bonds is 4. The average molecular weight is 336 g/mol. The lowest BCUT2D eigenvalue weighted by molar-refractivity contribution is -0.118. The molecule has 1 aliphatic heterocycles. The van der Waals surface area contributed by atoms with Gasteiger partial charge in [-0.15, -0.1) is 0 Å². The summed E-state index contributed by atoms with van der Waals surface area (Å²) >= 11 is 0. The number of hydrogen-bond donors (Lipinski definition) is 1. The minimum atomic E-state index is -5.42. The molecule has 122 valence electrons. The molecular weight excluding hydrogens is 321 g/mol. The van der Waals surface area contributed by atoms with Crippen LogP contribution in [0.2, 0.25) is 0 Å². The number of amides is 1. The van der Waals surface area contributed by atoms with Crippen LogP contribution in [0.5, 0.6) is 0 Å². The number of carbonyl (C=O) groups is 1. The van der Waals surface area contributed by atoms with E-state index < -0.39 is 26.1 Å². The molecule has 1 aromatic carbocycles. The van der Waals surface area contributed by atoms with E-state index in [-0.39, 0.29) is 18.0 Å². The predicted octanol–water partition coefficient (Wildman–Crippen LogP) is 1.68. The molecule has 9 heteroatoms. The number of primary amides is 1. The van der Waals surface area contributed by atoms with Crippen molar-refractivity contribution in [2.45, 2.75) is 23.2 Å². The van der Waals surface area contributed by atoms with Gasteiger partial charge in [0.25, 0.3) is 9.84 Å². The summed E-state index contributed by atoms with van der Waals surface area (Å²) in [6, 6.07) is 5.01. The van der Waals surface area contributed by atoms with Gasteiger partial charge in [-0.3, -0.25) is 4.79 Å². The van der Waals surface area contributed by atoms with Crippen molar-refractivity contribution in [3.8, 4) is 0 Å². The summed E-state index contributed by atoms with van der Waals surface area (Å²) in [6.07, 6.45) is 0.702. The minimum absolute atomic E-state index is 0.00629. The lowest BCUT2D eigenvalue weighted by Crippen LogP contribution is -2.28. The molecule has 1 heterocycles. The molecule has 1 saturated heterocycles. The number of nitrogens with two attached hydrogens (primary N) is 1. The van der Waals surface area contributed by atoms with E-state index in [1.165, 1.54) is 18.2 Å². The number of anilines is 1. The second-order valence-corrected chi connectivity index (χ2v) is 7.10. The largest absolute Gasteiger partial charge is 0.501 e. The normalized spacial score (nSPS) is 19.4. The van der Waals surface area contributed by atoms with Crippen LogP contribution in [0.15, 0.2) is 29.2 Å². The molecule has 0 aliphatic carbocycles. The van der Waals surface area contributed by atoms with Crippen molar-refractivity contribution in [2.75, 3.05) is 18.0 Å². The third kappa shape index (κ3) is 3.18. The molecule has 0 bridgehead atoms. The van der Waals surface area contributed by atoms with E-state index in [9.17, 15) is 26.4 Å². The molecule has 1 atom stereocenters. The van der Waals surface area contributed by atoms with Gasteiger partial charge in [-0.2, -0.15) is 13.2 Å². The summed E-state index contributed by atoms with van der Waals surface area (Å²) < 4.78 is 61.6. The Morgan fingerprint density at radius 3 is 2.55 bits per heavy atom. The van der Waals surface area contributed by atoms with Gasteiger partial charge in [-0.25, -0.2) is 8.42 Å². The zero-order chi connectivity index (χ0) is 16.5. The Morgan fingerprint density at radius 2 is 1.95 bits per heavy atom. The molecule has 1 unspecified atom stereocenters. The predicted molar refractivity (Wildman–Crippen MR) is 73.8 cm³/mol. The zero-order valence-electron chi connectivity index (χ0n) is 11.5. The van der Waals surface area contributed by atoms with Crippen molar-refractivity contribution in [1.82, 2.24) is 0 Å². The number of sulfone groups is 1. The first-order valence-corrected chi connectivity index (χ1v) is 8.05. The standard InChI is InChI=1S/C13H15F3N2O3S/c14-13(15,16)22(20,21)11-4-2-1-3-10(11)18-6-5-9(8-18)7-12(17)19/h1-4,9H,5-8H2,(H2,17,19). The third-order valence-corrected chi connectivity index (χ3v) is 5.11. The van der Waals surface area contributed by atoms with Gasteiger partial charge in [0, 0.05) is 19.5 Å². The fourth-order valence-corrected chi connectivity index (χ4v) is 3.55. The van der Waals surface area contributed by atoms with Gasteiger partial charge >= 0.3 is 5.51 Å². The van der Waals surface area contributed by atoms with Crippen LogP contribution >= 0.6 is 0 Å². The van der Waals surface area contributed by atoms with Gasteiger partial charge in [-0.1, -0.05) is 12.1 Å². The first-order chi connectivity index (χ1) is 10.1. The molecular formula is C13H15F3N2O3S. The van der Waals surface area contributed by atoms with E-state index in [1.807, 2.05) is 0 Å². The summed E-state index contributed by atoms with van der Waals surface area (Å²) in [6.45, 7) is 0.676. The molecule has 1 aliphatic rings. The van der Waals surface area contributed by atoms with E-state index in [0.717, 1.165) is 6.07 Å². The summed E-state index contributed by atoms with van der Waals surface area (Å²) in [4.78, 5) is 11.7. The van der Waals surface area contributed by atoms with Crippen LogP contribution in [0.3, 0.4) is 0 Å². The fourth-order valence-electron chi connectivity index (χ4n) is 2.57. The molecule has 1 aromatic rings.